The van der Waals surface area contributed by atoms with Crippen LogP contribution in [-0.4, -0.2) is 0 Å². The van der Waals surface area contributed by atoms with Crippen LogP contribution in [0, 0.1) is 11.3 Å². The summed E-state index contributed by atoms with van der Waals surface area (Å²) >= 11 is 6.49. The van der Waals surface area contributed by atoms with Crippen molar-refractivity contribution in [2.45, 2.75) is 45.4 Å². The van der Waals surface area contributed by atoms with Gasteiger partial charge in [-0.15, -0.1) is 0 Å². The lowest BCUT2D eigenvalue weighted by atomic mass is 9.77. The Kier molecular flexibility index (Phi) is 5.27. The van der Waals surface area contributed by atoms with Gasteiger partial charge in [-0.25, -0.2) is 0 Å². The molecule has 0 atom stereocenters. The minimum absolute atomic E-state index is 0.181. The van der Waals surface area contributed by atoms with Crippen LogP contribution < -0.4 is 0 Å². The Bertz CT molecular complexity index is 681. The van der Waals surface area contributed by atoms with E-state index in [0.29, 0.717) is 10.6 Å². The summed E-state index contributed by atoms with van der Waals surface area (Å²) in [5, 5.41) is 10.2. The second-order valence-electron chi connectivity index (χ2n) is 6.19. The van der Waals surface area contributed by atoms with Crippen LogP contribution >= 0.6 is 11.6 Å². The molecule has 0 amide bonds. The van der Waals surface area contributed by atoms with E-state index in [0.717, 1.165) is 30.4 Å². The Hall–Kier alpha value is -1.78. The van der Waals surface area contributed by atoms with Gasteiger partial charge in [-0.3, -0.25) is 0 Å². The summed E-state index contributed by atoms with van der Waals surface area (Å²) in [6, 6.07) is 16.7. The van der Waals surface area contributed by atoms with Crippen LogP contribution in [0.3, 0.4) is 0 Å². The number of benzene rings is 2. The molecule has 2 aromatic rings. The van der Waals surface area contributed by atoms with Gasteiger partial charge in [0, 0.05) is 10.4 Å². The van der Waals surface area contributed by atoms with Crippen molar-refractivity contribution in [1.29, 1.82) is 5.26 Å². The van der Waals surface area contributed by atoms with Crippen LogP contribution in [0.25, 0.3) is 0 Å². The van der Waals surface area contributed by atoms with Crippen molar-refractivity contribution < 1.29 is 0 Å². The Morgan fingerprint density at radius 2 is 1.77 bits per heavy atom. The van der Waals surface area contributed by atoms with Gasteiger partial charge in [0.15, 0.2) is 0 Å². The van der Waals surface area contributed by atoms with Crippen molar-refractivity contribution in [2.24, 2.45) is 0 Å². The van der Waals surface area contributed by atoms with Gasteiger partial charge in [0.2, 0.25) is 0 Å². The zero-order chi connectivity index (χ0) is 16.2. The molecule has 2 rings (SSSR count). The van der Waals surface area contributed by atoms with E-state index in [9.17, 15) is 5.26 Å². The van der Waals surface area contributed by atoms with Gasteiger partial charge >= 0.3 is 0 Å². The largest absolute Gasteiger partial charge is 0.192 e. The molecular weight excluding hydrogens is 290 g/mol. The van der Waals surface area contributed by atoms with Crippen molar-refractivity contribution in [3.05, 3.63) is 69.7 Å². The van der Waals surface area contributed by atoms with Crippen molar-refractivity contribution in [2.75, 3.05) is 0 Å². The highest BCUT2D eigenvalue weighted by Gasteiger charge is 2.25. The van der Waals surface area contributed by atoms with E-state index < -0.39 is 0 Å². The van der Waals surface area contributed by atoms with Crippen molar-refractivity contribution in [1.82, 2.24) is 0 Å². The van der Waals surface area contributed by atoms with Crippen molar-refractivity contribution >= 4 is 11.6 Å². The number of unbranched alkanes of at least 4 members (excludes halogenated alkanes) is 1. The van der Waals surface area contributed by atoms with E-state index >= 15 is 0 Å². The van der Waals surface area contributed by atoms with Gasteiger partial charge in [-0.1, -0.05) is 69.1 Å². The summed E-state index contributed by atoms with van der Waals surface area (Å²) in [6.45, 7) is 6.48. The number of hydrogen-bond acceptors (Lipinski definition) is 1. The van der Waals surface area contributed by atoms with Crippen LogP contribution in [0.2, 0.25) is 5.02 Å². The molecule has 0 spiro atoms. The van der Waals surface area contributed by atoms with Crippen LogP contribution in [-0.2, 0) is 11.8 Å². The van der Waals surface area contributed by atoms with Gasteiger partial charge in [0.05, 0.1) is 11.6 Å². The molecule has 22 heavy (non-hydrogen) atoms. The zero-order valence-corrected chi connectivity index (χ0v) is 14.2. The number of nitriles is 1. The Balaban J connectivity index is 2.49. The quantitative estimate of drug-likeness (QED) is 0.676. The third-order valence-electron chi connectivity index (χ3n) is 4.31. The lowest BCUT2D eigenvalue weighted by molar-refractivity contribution is 0.640. The minimum atomic E-state index is -0.181. The maximum atomic E-state index is 9.49. The molecule has 2 heteroatoms. The van der Waals surface area contributed by atoms with E-state index in [1.807, 2.05) is 30.3 Å². The first-order valence-corrected chi connectivity index (χ1v) is 8.17. The number of hydrogen-bond donors (Lipinski definition) is 0. The van der Waals surface area contributed by atoms with Gasteiger partial charge in [0.1, 0.15) is 0 Å². The van der Waals surface area contributed by atoms with Crippen LogP contribution in [0.15, 0.2) is 42.5 Å². The molecule has 0 aliphatic carbocycles. The van der Waals surface area contributed by atoms with E-state index in [1.54, 1.807) is 0 Å². The van der Waals surface area contributed by atoms with E-state index in [1.165, 1.54) is 5.56 Å². The molecule has 0 fully saturated rings. The average molecular weight is 312 g/mol. The standard InChI is InChI=1S/C20H22ClN/c1-4-5-11-18-15(14-22)12-17(13-19(18)21)20(2,3)16-9-7-6-8-10-16/h6-10,12-13H,4-5,11H2,1-3H3. The van der Waals surface area contributed by atoms with E-state index in [-0.39, 0.29) is 5.41 Å². The highest BCUT2D eigenvalue weighted by molar-refractivity contribution is 6.31. The maximum absolute atomic E-state index is 9.49. The van der Waals surface area contributed by atoms with Gasteiger partial charge in [-0.05, 0) is 41.7 Å². The van der Waals surface area contributed by atoms with Gasteiger partial charge in [-0.2, -0.15) is 5.26 Å². The van der Waals surface area contributed by atoms with Crippen LogP contribution in [0.4, 0.5) is 0 Å². The lowest BCUT2D eigenvalue weighted by Crippen LogP contribution is -2.19. The topological polar surface area (TPSA) is 23.8 Å². The predicted molar refractivity (Wildman–Crippen MR) is 93.3 cm³/mol. The number of halogens is 1. The molecule has 0 unspecified atom stereocenters. The second-order valence-corrected chi connectivity index (χ2v) is 6.60. The summed E-state index contributed by atoms with van der Waals surface area (Å²) in [7, 11) is 0. The Labute approximate surface area is 138 Å². The lowest BCUT2D eigenvalue weighted by Gasteiger charge is -2.27. The average Bonchev–Trinajstić information content (AvgIpc) is 2.53. The first-order valence-electron chi connectivity index (χ1n) is 7.79. The number of nitrogens with zero attached hydrogens (tertiary/aromatic N) is 1. The predicted octanol–water partition coefficient (Wildman–Crippen LogP) is 5.88. The van der Waals surface area contributed by atoms with Gasteiger partial charge in [0.25, 0.3) is 0 Å². The zero-order valence-electron chi connectivity index (χ0n) is 13.5. The SMILES string of the molecule is CCCCc1c(Cl)cc(C(C)(C)c2ccccc2)cc1C#N. The minimum Gasteiger partial charge on any atom is -0.192 e. The fraction of sp³-hybridized carbons (Fsp3) is 0.350. The molecule has 114 valence electrons. The first-order chi connectivity index (χ1) is 10.5. The van der Waals surface area contributed by atoms with E-state index in [2.05, 4.69) is 39.0 Å². The van der Waals surface area contributed by atoms with Crippen molar-refractivity contribution in [3.8, 4) is 6.07 Å². The van der Waals surface area contributed by atoms with Crippen molar-refractivity contribution in [3.63, 3.8) is 0 Å². The molecule has 0 aliphatic heterocycles. The second kappa shape index (κ2) is 6.99. The molecule has 0 bridgehead atoms. The summed E-state index contributed by atoms with van der Waals surface area (Å²) < 4.78 is 0. The molecule has 0 radical (unpaired) electrons. The fourth-order valence-electron chi connectivity index (χ4n) is 2.73. The molecule has 0 aromatic heterocycles. The monoisotopic (exact) mass is 311 g/mol. The molecule has 0 saturated heterocycles. The molecule has 0 saturated carbocycles. The summed E-state index contributed by atoms with van der Waals surface area (Å²) in [4.78, 5) is 0. The molecule has 2 aromatic carbocycles. The van der Waals surface area contributed by atoms with Gasteiger partial charge < -0.3 is 0 Å². The normalized spacial score (nSPS) is 11.2. The highest BCUT2D eigenvalue weighted by Crippen LogP contribution is 2.35. The number of rotatable bonds is 5. The van der Waals surface area contributed by atoms with Crippen LogP contribution in [0.5, 0.6) is 0 Å². The molecule has 1 nitrogen and oxygen atoms in total. The molecule has 0 heterocycles. The smallest absolute Gasteiger partial charge is 0.0995 e. The third-order valence-corrected chi connectivity index (χ3v) is 4.65. The maximum Gasteiger partial charge on any atom is 0.0995 e. The Morgan fingerprint density at radius 3 is 2.36 bits per heavy atom. The Morgan fingerprint density at radius 1 is 1.09 bits per heavy atom. The molecular formula is C20H22ClN. The fourth-order valence-corrected chi connectivity index (χ4v) is 3.04. The third kappa shape index (κ3) is 3.34. The molecule has 0 N–H and O–H groups in total. The van der Waals surface area contributed by atoms with Crippen LogP contribution in [0.1, 0.15) is 55.9 Å². The van der Waals surface area contributed by atoms with E-state index in [4.69, 9.17) is 11.6 Å². The first kappa shape index (κ1) is 16.6. The summed E-state index contributed by atoms with van der Waals surface area (Å²) in [6.07, 6.45) is 3.01. The summed E-state index contributed by atoms with van der Waals surface area (Å²) in [5.74, 6) is 0. The highest BCUT2D eigenvalue weighted by atomic mass is 35.5. The summed E-state index contributed by atoms with van der Waals surface area (Å²) in [5.41, 5.74) is 3.81. The molecule has 0 aliphatic rings.